The Kier molecular flexibility index (Phi) is 4.45. The van der Waals surface area contributed by atoms with Gasteiger partial charge in [0.2, 0.25) is 0 Å². The number of rotatable bonds is 2. The molecule has 2 saturated heterocycles. The van der Waals surface area contributed by atoms with Crippen LogP contribution in [0, 0.1) is 20.8 Å². The number of hydrogen-bond donors (Lipinski definition) is 0. The number of halogens is 1. The maximum absolute atomic E-state index is 13.1. The average molecular weight is 352 g/mol. The summed E-state index contributed by atoms with van der Waals surface area (Å²) in [5.41, 5.74) is 2.31. The van der Waals surface area contributed by atoms with Crippen LogP contribution in [-0.4, -0.2) is 42.6 Å². The Hall–Kier alpha value is -1.43. The number of piperidine rings is 1. The van der Waals surface area contributed by atoms with Gasteiger partial charge in [-0.05, 0) is 43.0 Å². The average Bonchev–Trinajstić information content (AvgIpc) is 2.78. The van der Waals surface area contributed by atoms with E-state index in [0.29, 0.717) is 36.5 Å². The Morgan fingerprint density at radius 1 is 1.21 bits per heavy atom. The Morgan fingerprint density at radius 2 is 1.83 bits per heavy atom. The van der Waals surface area contributed by atoms with Crippen molar-refractivity contribution < 1.29 is 19.2 Å². The highest BCUT2D eigenvalue weighted by molar-refractivity contribution is 6.32. The molecule has 5 nitrogen and oxygen atoms in total. The molecule has 6 heteroatoms. The van der Waals surface area contributed by atoms with Gasteiger partial charge in [0.1, 0.15) is 5.92 Å². The van der Waals surface area contributed by atoms with Crippen LogP contribution in [0.5, 0.6) is 0 Å². The van der Waals surface area contributed by atoms with Crippen molar-refractivity contribution in [2.45, 2.75) is 45.1 Å². The monoisotopic (exact) mass is 351 g/mol. The molecule has 2 fully saturated rings. The number of nitrogens with zero attached hydrogens (tertiary/aromatic N) is 1. The summed E-state index contributed by atoms with van der Waals surface area (Å²) in [6.07, 6.45) is 0.916. The van der Waals surface area contributed by atoms with Gasteiger partial charge in [-0.25, -0.2) is 0 Å². The molecule has 1 spiro atoms. The second kappa shape index (κ2) is 6.14. The van der Waals surface area contributed by atoms with E-state index < -0.39 is 17.5 Å². The van der Waals surface area contributed by atoms with Crippen molar-refractivity contribution in [2.24, 2.45) is 0 Å². The number of carbonyl (C=O) groups excluding carboxylic acids is 2. The van der Waals surface area contributed by atoms with Gasteiger partial charge in [0, 0.05) is 31.0 Å². The van der Waals surface area contributed by atoms with Gasteiger partial charge in [-0.15, -0.1) is 0 Å². The SMILES string of the molecule is CON1CCC2(CC1)OC(=O)C(c1c(C)cc(C)c(Cl)c1C)C2=O. The number of hydrogen-bond acceptors (Lipinski definition) is 5. The number of esters is 1. The van der Waals surface area contributed by atoms with E-state index in [2.05, 4.69) is 0 Å². The van der Waals surface area contributed by atoms with Crippen molar-refractivity contribution in [3.63, 3.8) is 0 Å². The summed E-state index contributed by atoms with van der Waals surface area (Å²) in [7, 11) is 1.60. The zero-order chi connectivity index (χ0) is 17.6. The maximum Gasteiger partial charge on any atom is 0.322 e. The van der Waals surface area contributed by atoms with Crippen LogP contribution in [0.4, 0.5) is 0 Å². The molecule has 3 rings (SSSR count). The molecule has 1 aromatic rings. The van der Waals surface area contributed by atoms with Gasteiger partial charge < -0.3 is 9.57 Å². The molecule has 0 aromatic heterocycles. The highest BCUT2D eigenvalue weighted by Gasteiger charge is 2.57. The van der Waals surface area contributed by atoms with E-state index in [9.17, 15) is 9.59 Å². The summed E-state index contributed by atoms with van der Waals surface area (Å²) in [5.74, 6) is -1.48. The Balaban J connectivity index is 1.98. The summed E-state index contributed by atoms with van der Waals surface area (Å²) >= 11 is 6.36. The lowest BCUT2D eigenvalue weighted by Crippen LogP contribution is -2.48. The normalized spacial score (nSPS) is 23.8. The largest absolute Gasteiger partial charge is 0.450 e. The lowest BCUT2D eigenvalue weighted by molar-refractivity contribution is -0.184. The first-order valence-corrected chi connectivity index (χ1v) is 8.51. The molecule has 0 N–H and O–H groups in total. The Bertz CT molecular complexity index is 707. The number of ether oxygens (including phenoxy) is 1. The van der Waals surface area contributed by atoms with Crippen LogP contribution in [0.15, 0.2) is 6.07 Å². The van der Waals surface area contributed by atoms with Crippen LogP contribution in [-0.2, 0) is 19.2 Å². The number of aryl methyl sites for hydroxylation is 2. The highest BCUT2D eigenvalue weighted by Crippen LogP contribution is 2.43. The molecular formula is C18H22ClNO4. The molecule has 0 saturated carbocycles. The van der Waals surface area contributed by atoms with Crippen molar-refractivity contribution in [3.05, 3.63) is 33.3 Å². The molecule has 2 aliphatic rings. The number of Topliss-reactive ketones (excluding diaryl/α,β-unsaturated/α-hetero) is 1. The second-order valence-corrected chi connectivity index (χ2v) is 7.07. The van der Waals surface area contributed by atoms with E-state index in [4.69, 9.17) is 21.2 Å². The summed E-state index contributed by atoms with van der Waals surface area (Å²) in [5, 5.41) is 2.38. The lowest BCUT2D eigenvalue weighted by Gasteiger charge is -2.35. The summed E-state index contributed by atoms with van der Waals surface area (Å²) in [6.45, 7) is 6.81. The van der Waals surface area contributed by atoms with Gasteiger partial charge >= 0.3 is 5.97 Å². The van der Waals surface area contributed by atoms with Crippen LogP contribution >= 0.6 is 11.6 Å². The van der Waals surface area contributed by atoms with E-state index in [-0.39, 0.29) is 5.78 Å². The smallest absolute Gasteiger partial charge is 0.322 e. The molecule has 0 aliphatic carbocycles. The summed E-state index contributed by atoms with van der Waals surface area (Å²) < 4.78 is 5.63. The van der Waals surface area contributed by atoms with E-state index in [1.54, 1.807) is 12.2 Å². The summed E-state index contributed by atoms with van der Waals surface area (Å²) in [6, 6.07) is 1.92. The zero-order valence-corrected chi connectivity index (χ0v) is 15.2. The fourth-order valence-corrected chi connectivity index (χ4v) is 4.08. The molecule has 1 unspecified atom stereocenters. The molecule has 0 bridgehead atoms. The zero-order valence-electron chi connectivity index (χ0n) is 14.4. The minimum Gasteiger partial charge on any atom is -0.450 e. The summed E-state index contributed by atoms with van der Waals surface area (Å²) in [4.78, 5) is 30.9. The number of benzene rings is 1. The minimum absolute atomic E-state index is 0.144. The Morgan fingerprint density at radius 3 is 2.42 bits per heavy atom. The number of carbonyl (C=O) groups is 2. The van der Waals surface area contributed by atoms with Gasteiger partial charge in [0.05, 0.1) is 7.11 Å². The van der Waals surface area contributed by atoms with Crippen molar-refractivity contribution in [2.75, 3.05) is 20.2 Å². The van der Waals surface area contributed by atoms with Gasteiger partial charge in [0.15, 0.2) is 11.4 Å². The molecule has 0 radical (unpaired) electrons. The molecule has 2 heterocycles. The standard InChI is InChI=1S/C18H22ClNO4/c1-10-9-11(2)15(19)12(3)13(10)14-16(21)18(24-17(14)22)5-7-20(23-4)8-6-18/h9,14H,5-8H2,1-4H3. The quantitative estimate of drug-likeness (QED) is 0.605. The molecule has 1 atom stereocenters. The molecule has 24 heavy (non-hydrogen) atoms. The highest BCUT2D eigenvalue weighted by atomic mass is 35.5. The van der Waals surface area contributed by atoms with E-state index in [0.717, 1.165) is 16.7 Å². The first-order chi connectivity index (χ1) is 11.3. The van der Waals surface area contributed by atoms with Crippen LogP contribution in [0.1, 0.15) is 41.0 Å². The van der Waals surface area contributed by atoms with Gasteiger partial charge in [0.25, 0.3) is 0 Å². The predicted octanol–water partition coefficient (Wildman–Crippen LogP) is 2.87. The second-order valence-electron chi connectivity index (χ2n) is 6.69. The van der Waals surface area contributed by atoms with Crippen molar-refractivity contribution >= 4 is 23.4 Å². The maximum atomic E-state index is 13.1. The van der Waals surface area contributed by atoms with Gasteiger partial charge in [-0.2, -0.15) is 5.06 Å². The number of ketones is 1. The fourth-order valence-electron chi connectivity index (χ4n) is 3.92. The minimum atomic E-state index is -1.02. The van der Waals surface area contributed by atoms with Crippen LogP contribution < -0.4 is 0 Å². The molecule has 0 amide bonds. The third-order valence-corrected chi connectivity index (χ3v) is 5.84. The molecular weight excluding hydrogens is 330 g/mol. The first-order valence-electron chi connectivity index (χ1n) is 8.13. The van der Waals surface area contributed by atoms with Crippen molar-refractivity contribution in [3.8, 4) is 0 Å². The third kappa shape index (κ3) is 2.55. The van der Waals surface area contributed by atoms with Gasteiger partial charge in [-0.1, -0.05) is 17.7 Å². The third-order valence-electron chi connectivity index (χ3n) is 5.26. The first kappa shape index (κ1) is 17.4. The number of hydroxylamine groups is 2. The molecule has 1 aromatic carbocycles. The van der Waals surface area contributed by atoms with E-state index in [1.807, 2.05) is 26.8 Å². The van der Waals surface area contributed by atoms with Crippen molar-refractivity contribution in [1.29, 1.82) is 0 Å². The fraction of sp³-hybridized carbons (Fsp3) is 0.556. The van der Waals surface area contributed by atoms with Gasteiger partial charge in [-0.3, -0.25) is 9.59 Å². The van der Waals surface area contributed by atoms with E-state index in [1.165, 1.54) is 0 Å². The molecule has 130 valence electrons. The van der Waals surface area contributed by atoms with Crippen LogP contribution in [0.2, 0.25) is 5.02 Å². The van der Waals surface area contributed by atoms with Crippen LogP contribution in [0.3, 0.4) is 0 Å². The van der Waals surface area contributed by atoms with Crippen LogP contribution in [0.25, 0.3) is 0 Å². The van der Waals surface area contributed by atoms with E-state index >= 15 is 0 Å². The van der Waals surface area contributed by atoms with Crippen molar-refractivity contribution in [1.82, 2.24) is 5.06 Å². The predicted molar refractivity (Wildman–Crippen MR) is 90.1 cm³/mol. The topological polar surface area (TPSA) is 55.8 Å². The molecule has 2 aliphatic heterocycles. The Labute approximate surface area is 146 Å². The lowest BCUT2D eigenvalue weighted by atomic mass is 9.79.